The highest BCUT2D eigenvalue weighted by Crippen LogP contribution is 2.17. The van der Waals surface area contributed by atoms with Gasteiger partial charge in [0.15, 0.2) is 0 Å². The van der Waals surface area contributed by atoms with Crippen molar-refractivity contribution < 1.29 is 14.6 Å². The summed E-state index contributed by atoms with van der Waals surface area (Å²) in [5, 5.41) is 9.79. The minimum Gasteiger partial charge on any atom is -0.390 e. The molecule has 0 saturated carbocycles. The molecule has 134 valence electrons. The lowest BCUT2D eigenvalue weighted by atomic mass is 9.98. The molecule has 0 radical (unpaired) electrons. The second kappa shape index (κ2) is 8.63. The number of carbonyl (C=O) groups is 1. The Kier molecular flexibility index (Phi) is 6.81. The fourth-order valence-corrected chi connectivity index (χ4v) is 3.01. The van der Waals surface area contributed by atoms with Crippen molar-refractivity contribution in [2.45, 2.75) is 64.1 Å². The van der Waals surface area contributed by atoms with Crippen LogP contribution < -0.4 is 0 Å². The molecule has 1 amide bonds. The SMILES string of the molecule is CN(CCCC1CCCO1)C(=O)c1ccc(CCC(C)(C)O)cc1. The quantitative estimate of drug-likeness (QED) is 0.793. The standard InChI is InChI=1S/C20H31NO3/c1-20(2,23)13-12-16-8-10-17(11-9-16)19(22)21(3)14-4-6-18-7-5-15-24-18/h8-11,18,23H,4-7,12-15H2,1-3H3. The van der Waals surface area contributed by atoms with E-state index in [-0.39, 0.29) is 5.91 Å². The van der Waals surface area contributed by atoms with Crippen molar-refractivity contribution in [1.29, 1.82) is 0 Å². The lowest BCUT2D eigenvalue weighted by molar-refractivity contribution is 0.0712. The predicted molar refractivity (Wildman–Crippen MR) is 96.2 cm³/mol. The van der Waals surface area contributed by atoms with Crippen LogP contribution in [-0.2, 0) is 11.2 Å². The highest BCUT2D eigenvalue weighted by Gasteiger charge is 2.17. The molecule has 1 saturated heterocycles. The summed E-state index contributed by atoms with van der Waals surface area (Å²) in [6, 6.07) is 7.75. The van der Waals surface area contributed by atoms with Gasteiger partial charge in [-0.25, -0.2) is 0 Å². The fourth-order valence-electron chi connectivity index (χ4n) is 3.01. The maximum Gasteiger partial charge on any atom is 0.253 e. The number of benzene rings is 1. The Morgan fingerprint density at radius 3 is 2.62 bits per heavy atom. The van der Waals surface area contributed by atoms with E-state index in [1.54, 1.807) is 4.90 Å². The molecule has 24 heavy (non-hydrogen) atoms. The van der Waals surface area contributed by atoms with Gasteiger partial charge in [0.2, 0.25) is 0 Å². The monoisotopic (exact) mass is 333 g/mol. The van der Waals surface area contributed by atoms with Gasteiger partial charge in [-0.15, -0.1) is 0 Å². The van der Waals surface area contributed by atoms with E-state index in [2.05, 4.69) is 0 Å². The first-order valence-corrected chi connectivity index (χ1v) is 9.03. The molecule has 1 N–H and O–H groups in total. The largest absolute Gasteiger partial charge is 0.390 e. The molecule has 1 aliphatic heterocycles. The van der Waals surface area contributed by atoms with Crippen molar-refractivity contribution >= 4 is 5.91 Å². The molecule has 1 aromatic rings. The van der Waals surface area contributed by atoms with Gasteiger partial charge in [-0.2, -0.15) is 0 Å². The van der Waals surface area contributed by atoms with E-state index >= 15 is 0 Å². The highest BCUT2D eigenvalue weighted by atomic mass is 16.5. The number of carbonyl (C=O) groups excluding carboxylic acids is 1. The van der Waals surface area contributed by atoms with Gasteiger partial charge in [0.1, 0.15) is 0 Å². The maximum atomic E-state index is 12.5. The van der Waals surface area contributed by atoms with Crippen LogP contribution in [0.3, 0.4) is 0 Å². The number of hydrogen-bond donors (Lipinski definition) is 1. The summed E-state index contributed by atoms with van der Waals surface area (Å²) < 4.78 is 5.62. The minimum absolute atomic E-state index is 0.0661. The van der Waals surface area contributed by atoms with E-state index in [0.717, 1.165) is 50.0 Å². The van der Waals surface area contributed by atoms with Gasteiger partial charge in [-0.1, -0.05) is 12.1 Å². The van der Waals surface area contributed by atoms with Crippen molar-refractivity contribution in [3.05, 3.63) is 35.4 Å². The first-order valence-electron chi connectivity index (χ1n) is 9.03. The predicted octanol–water partition coefficient (Wildman–Crippen LogP) is 3.42. The summed E-state index contributed by atoms with van der Waals surface area (Å²) >= 11 is 0. The molecular formula is C20H31NO3. The number of ether oxygens (including phenoxy) is 1. The van der Waals surface area contributed by atoms with Gasteiger partial charge in [0, 0.05) is 25.8 Å². The second-order valence-electron chi connectivity index (χ2n) is 7.51. The van der Waals surface area contributed by atoms with Crippen LogP contribution in [0.4, 0.5) is 0 Å². The molecule has 1 atom stereocenters. The Balaban J connectivity index is 1.78. The summed E-state index contributed by atoms with van der Waals surface area (Å²) in [7, 11) is 1.86. The molecule has 1 fully saturated rings. The molecule has 1 unspecified atom stereocenters. The number of rotatable bonds is 8. The molecule has 0 bridgehead atoms. The van der Waals surface area contributed by atoms with Crippen LogP contribution in [0.5, 0.6) is 0 Å². The number of hydrogen-bond acceptors (Lipinski definition) is 3. The number of aliphatic hydroxyl groups is 1. The molecule has 1 heterocycles. The Morgan fingerprint density at radius 2 is 2.04 bits per heavy atom. The van der Waals surface area contributed by atoms with Gasteiger partial charge in [0.05, 0.1) is 11.7 Å². The third-order valence-electron chi connectivity index (χ3n) is 4.62. The lowest BCUT2D eigenvalue weighted by Gasteiger charge is -2.19. The van der Waals surface area contributed by atoms with E-state index in [1.807, 2.05) is 45.2 Å². The van der Waals surface area contributed by atoms with Crippen molar-refractivity contribution in [1.82, 2.24) is 4.90 Å². The third-order valence-corrected chi connectivity index (χ3v) is 4.62. The first-order chi connectivity index (χ1) is 11.3. The molecule has 0 spiro atoms. The number of aryl methyl sites for hydroxylation is 1. The maximum absolute atomic E-state index is 12.5. The van der Waals surface area contributed by atoms with Crippen molar-refractivity contribution in [2.75, 3.05) is 20.2 Å². The zero-order chi connectivity index (χ0) is 17.6. The average molecular weight is 333 g/mol. The Labute approximate surface area is 145 Å². The van der Waals surface area contributed by atoms with E-state index in [4.69, 9.17) is 4.74 Å². The summed E-state index contributed by atoms with van der Waals surface area (Å²) in [6.07, 6.45) is 6.26. The number of nitrogens with zero attached hydrogens (tertiary/aromatic N) is 1. The lowest BCUT2D eigenvalue weighted by Crippen LogP contribution is -2.28. The van der Waals surface area contributed by atoms with Crippen LogP contribution in [0.15, 0.2) is 24.3 Å². The molecule has 1 aromatic carbocycles. The second-order valence-corrected chi connectivity index (χ2v) is 7.51. The van der Waals surface area contributed by atoms with Crippen molar-refractivity contribution in [2.24, 2.45) is 0 Å². The van der Waals surface area contributed by atoms with Crippen LogP contribution in [0.25, 0.3) is 0 Å². The minimum atomic E-state index is -0.655. The topological polar surface area (TPSA) is 49.8 Å². The zero-order valence-corrected chi connectivity index (χ0v) is 15.3. The van der Waals surface area contributed by atoms with Crippen LogP contribution in [0.2, 0.25) is 0 Å². The van der Waals surface area contributed by atoms with E-state index in [0.29, 0.717) is 12.5 Å². The van der Waals surface area contributed by atoms with E-state index in [9.17, 15) is 9.90 Å². The summed E-state index contributed by atoms with van der Waals surface area (Å²) in [5.41, 5.74) is 1.22. The van der Waals surface area contributed by atoms with Crippen LogP contribution >= 0.6 is 0 Å². The van der Waals surface area contributed by atoms with Crippen LogP contribution in [0, 0.1) is 0 Å². The first kappa shape index (κ1) is 18.9. The summed E-state index contributed by atoms with van der Waals surface area (Å²) in [5.74, 6) is 0.0661. The Hall–Kier alpha value is -1.39. The number of amides is 1. The summed E-state index contributed by atoms with van der Waals surface area (Å²) in [6.45, 7) is 5.28. The van der Waals surface area contributed by atoms with Crippen LogP contribution in [0.1, 0.15) is 61.9 Å². The average Bonchev–Trinajstić information content (AvgIpc) is 3.05. The normalized spacial score (nSPS) is 17.9. The molecule has 4 heteroatoms. The zero-order valence-electron chi connectivity index (χ0n) is 15.3. The smallest absolute Gasteiger partial charge is 0.253 e. The molecule has 1 aliphatic rings. The fraction of sp³-hybridized carbons (Fsp3) is 0.650. The van der Waals surface area contributed by atoms with Gasteiger partial charge in [-0.05, 0) is 70.1 Å². The van der Waals surface area contributed by atoms with E-state index < -0.39 is 5.60 Å². The van der Waals surface area contributed by atoms with Gasteiger partial charge < -0.3 is 14.7 Å². The van der Waals surface area contributed by atoms with Gasteiger partial charge in [0.25, 0.3) is 5.91 Å². The molecule has 0 aromatic heterocycles. The van der Waals surface area contributed by atoms with Gasteiger partial charge >= 0.3 is 0 Å². The molecule has 4 nitrogen and oxygen atoms in total. The molecular weight excluding hydrogens is 302 g/mol. The Bertz CT molecular complexity index is 513. The Morgan fingerprint density at radius 1 is 1.33 bits per heavy atom. The van der Waals surface area contributed by atoms with Crippen molar-refractivity contribution in [3.63, 3.8) is 0 Å². The van der Waals surface area contributed by atoms with Gasteiger partial charge in [-0.3, -0.25) is 4.79 Å². The molecule has 0 aliphatic carbocycles. The molecule has 2 rings (SSSR count). The summed E-state index contributed by atoms with van der Waals surface area (Å²) in [4.78, 5) is 14.2. The van der Waals surface area contributed by atoms with Crippen molar-refractivity contribution in [3.8, 4) is 0 Å². The highest BCUT2D eigenvalue weighted by molar-refractivity contribution is 5.94. The third kappa shape index (κ3) is 6.25. The van der Waals surface area contributed by atoms with E-state index in [1.165, 1.54) is 6.42 Å². The van der Waals surface area contributed by atoms with Crippen LogP contribution in [-0.4, -0.2) is 47.8 Å².